The van der Waals surface area contributed by atoms with E-state index in [0.29, 0.717) is 11.3 Å². The maximum Gasteiger partial charge on any atom is 0.0655 e. The maximum atomic E-state index is 8.83. The van der Waals surface area contributed by atoms with Crippen molar-refractivity contribution < 1.29 is 0 Å². The number of hydrogen-bond donors (Lipinski definition) is 0. The number of nitriles is 1. The van der Waals surface area contributed by atoms with Crippen LogP contribution in [0.4, 0.5) is 0 Å². The van der Waals surface area contributed by atoms with Crippen molar-refractivity contribution in [3.8, 4) is 6.07 Å². The van der Waals surface area contributed by atoms with Crippen LogP contribution in [0.2, 0.25) is 0 Å². The molecule has 0 amide bonds. The van der Waals surface area contributed by atoms with Gasteiger partial charge in [-0.1, -0.05) is 20.8 Å². The molecule has 0 aliphatic heterocycles. The Morgan fingerprint density at radius 3 is 2.33 bits per heavy atom. The van der Waals surface area contributed by atoms with E-state index in [1.807, 2.05) is 0 Å². The van der Waals surface area contributed by atoms with Crippen LogP contribution < -0.4 is 0 Å². The van der Waals surface area contributed by atoms with E-state index in [0.717, 1.165) is 5.92 Å². The first-order valence-electron chi connectivity index (χ1n) is 4.86. The third kappa shape index (κ3) is 1.80. The average Bonchev–Trinajstić information content (AvgIpc) is 2.23. The Kier molecular flexibility index (Phi) is 2.46. The third-order valence-corrected chi connectivity index (χ3v) is 3.24. The number of rotatable bonds is 1. The highest BCUT2D eigenvalue weighted by Gasteiger charge is 2.39. The molecule has 0 aromatic carbocycles. The van der Waals surface area contributed by atoms with Crippen LogP contribution in [0.5, 0.6) is 0 Å². The van der Waals surface area contributed by atoms with Crippen molar-refractivity contribution in [3.63, 3.8) is 0 Å². The predicted molar refractivity (Wildman–Crippen MR) is 50.4 cm³/mol. The largest absolute Gasteiger partial charge is 0.198 e. The lowest BCUT2D eigenvalue weighted by Gasteiger charge is -2.18. The summed E-state index contributed by atoms with van der Waals surface area (Å²) in [6.45, 7) is 8.97. The molecule has 0 spiro atoms. The number of hydrogen-bond acceptors (Lipinski definition) is 1. The Morgan fingerprint density at radius 2 is 2.00 bits per heavy atom. The van der Waals surface area contributed by atoms with Gasteiger partial charge in [0.25, 0.3) is 0 Å². The van der Waals surface area contributed by atoms with Crippen molar-refractivity contribution >= 4 is 0 Å². The van der Waals surface area contributed by atoms with Crippen LogP contribution in [-0.4, -0.2) is 0 Å². The third-order valence-electron chi connectivity index (χ3n) is 3.24. The molecule has 1 aliphatic carbocycles. The van der Waals surface area contributed by atoms with Crippen LogP contribution in [0.15, 0.2) is 0 Å². The summed E-state index contributed by atoms with van der Waals surface area (Å²) in [7, 11) is 0. The maximum absolute atomic E-state index is 8.83. The van der Waals surface area contributed by atoms with Crippen LogP contribution >= 0.6 is 0 Å². The highest BCUT2D eigenvalue weighted by Crippen LogP contribution is 2.47. The summed E-state index contributed by atoms with van der Waals surface area (Å²) in [5.41, 5.74) is 0.467. The normalized spacial score (nSPS) is 35.9. The second kappa shape index (κ2) is 3.09. The summed E-state index contributed by atoms with van der Waals surface area (Å²) >= 11 is 0. The quantitative estimate of drug-likeness (QED) is 0.585. The summed E-state index contributed by atoms with van der Waals surface area (Å²) in [5, 5.41) is 8.83. The zero-order valence-corrected chi connectivity index (χ0v) is 8.59. The van der Waals surface area contributed by atoms with Crippen molar-refractivity contribution in [2.45, 2.75) is 40.5 Å². The molecule has 0 aromatic heterocycles. The Morgan fingerprint density at radius 1 is 1.42 bits per heavy atom. The van der Waals surface area contributed by atoms with Crippen LogP contribution in [0.3, 0.4) is 0 Å². The van der Waals surface area contributed by atoms with E-state index in [-0.39, 0.29) is 5.92 Å². The molecular formula is C11H19N. The van der Waals surface area contributed by atoms with Gasteiger partial charge in [-0.3, -0.25) is 0 Å². The van der Waals surface area contributed by atoms with E-state index in [1.165, 1.54) is 12.8 Å². The molecule has 0 radical (unpaired) electrons. The summed E-state index contributed by atoms with van der Waals surface area (Å²) in [4.78, 5) is 0. The van der Waals surface area contributed by atoms with Crippen molar-refractivity contribution in [3.05, 3.63) is 0 Å². The number of nitrogens with zero attached hydrogens (tertiary/aromatic N) is 1. The summed E-state index contributed by atoms with van der Waals surface area (Å²) in [5.74, 6) is 1.60. The van der Waals surface area contributed by atoms with Gasteiger partial charge in [0.2, 0.25) is 0 Å². The smallest absolute Gasteiger partial charge is 0.0655 e. The van der Waals surface area contributed by atoms with Gasteiger partial charge in [-0.2, -0.15) is 5.26 Å². The molecular weight excluding hydrogens is 146 g/mol. The molecule has 1 saturated carbocycles. The minimum Gasteiger partial charge on any atom is -0.198 e. The van der Waals surface area contributed by atoms with Gasteiger partial charge < -0.3 is 0 Å². The minimum atomic E-state index is 0.238. The molecule has 0 saturated heterocycles. The van der Waals surface area contributed by atoms with Crippen molar-refractivity contribution in [2.75, 3.05) is 0 Å². The van der Waals surface area contributed by atoms with Gasteiger partial charge in [-0.05, 0) is 37.0 Å². The molecule has 0 N–H and O–H groups in total. The fraction of sp³-hybridized carbons (Fsp3) is 0.909. The fourth-order valence-electron chi connectivity index (χ4n) is 2.71. The molecule has 3 atom stereocenters. The molecule has 0 bridgehead atoms. The second-order valence-electron chi connectivity index (χ2n) is 5.13. The summed E-state index contributed by atoms with van der Waals surface area (Å²) < 4.78 is 0. The summed E-state index contributed by atoms with van der Waals surface area (Å²) in [6, 6.07) is 2.38. The first kappa shape index (κ1) is 9.58. The average molecular weight is 165 g/mol. The monoisotopic (exact) mass is 165 g/mol. The molecule has 1 aliphatic rings. The van der Waals surface area contributed by atoms with Gasteiger partial charge >= 0.3 is 0 Å². The first-order valence-corrected chi connectivity index (χ1v) is 4.86. The molecule has 1 fully saturated rings. The first-order chi connectivity index (χ1) is 5.46. The zero-order valence-electron chi connectivity index (χ0n) is 8.59. The molecule has 1 rings (SSSR count). The van der Waals surface area contributed by atoms with Crippen LogP contribution in [0.1, 0.15) is 40.5 Å². The van der Waals surface area contributed by atoms with Gasteiger partial charge in [0.05, 0.1) is 6.07 Å². The second-order valence-corrected chi connectivity index (χ2v) is 5.13. The van der Waals surface area contributed by atoms with E-state index >= 15 is 0 Å². The Labute approximate surface area is 75.8 Å². The summed E-state index contributed by atoms with van der Waals surface area (Å²) in [6.07, 6.45) is 2.51. The van der Waals surface area contributed by atoms with E-state index < -0.39 is 0 Å². The van der Waals surface area contributed by atoms with E-state index in [2.05, 4.69) is 33.8 Å². The molecule has 1 nitrogen and oxygen atoms in total. The molecule has 1 heteroatoms. The van der Waals surface area contributed by atoms with Crippen LogP contribution in [0, 0.1) is 34.5 Å². The molecule has 0 heterocycles. The standard InChI is InChI=1S/C11H19N/c1-8-5-11(3,4)6-10(8)9(2)7-12/h8-10H,5-6H2,1-4H3. The zero-order chi connectivity index (χ0) is 9.35. The topological polar surface area (TPSA) is 23.8 Å². The van der Waals surface area contributed by atoms with Gasteiger partial charge in [-0.15, -0.1) is 0 Å². The van der Waals surface area contributed by atoms with Crippen molar-refractivity contribution in [1.29, 1.82) is 5.26 Å². The highest BCUT2D eigenvalue weighted by atomic mass is 14.4. The van der Waals surface area contributed by atoms with Crippen LogP contribution in [0.25, 0.3) is 0 Å². The molecule has 3 unspecified atom stereocenters. The lowest BCUT2D eigenvalue weighted by molar-refractivity contribution is 0.329. The molecule has 12 heavy (non-hydrogen) atoms. The van der Waals surface area contributed by atoms with E-state index in [1.54, 1.807) is 0 Å². The lowest BCUT2D eigenvalue weighted by Crippen LogP contribution is -2.13. The molecule has 68 valence electrons. The highest BCUT2D eigenvalue weighted by molar-refractivity contribution is 4.95. The molecule has 0 aromatic rings. The van der Waals surface area contributed by atoms with Gasteiger partial charge in [-0.25, -0.2) is 0 Å². The van der Waals surface area contributed by atoms with Gasteiger partial charge in [0.1, 0.15) is 0 Å². The fourth-order valence-corrected chi connectivity index (χ4v) is 2.71. The Balaban J connectivity index is 2.65. The van der Waals surface area contributed by atoms with Crippen molar-refractivity contribution in [2.24, 2.45) is 23.2 Å². The van der Waals surface area contributed by atoms with Crippen LogP contribution in [-0.2, 0) is 0 Å². The predicted octanol–water partition coefficient (Wildman–Crippen LogP) is 3.22. The SMILES string of the molecule is CC(C#N)C1CC(C)(C)CC1C. The minimum absolute atomic E-state index is 0.238. The van der Waals surface area contributed by atoms with E-state index in [4.69, 9.17) is 5.26 Å². The van der Waals surface area contributed by atoms with Gasteiger partial charge in [0.15, 0.2) is 0 Å². The van der Waals surface area contributed by atoms with Crippen molar-refractivity contribution in [1.82, 2.24) is 0 Å². The Bertz CT molecular complexity index is 200. The Hall–Kier alpha value is -0.510. The van der Waals surface area contributed by atoms with E-state index in [9.17, 15) is 0 Å². The van der Waals surface area contributed by atoms with Gasteiger partial charge in [0, 0.05) is 5.92 Å². The lowest BCUT2D eigenvalue weighted by atomic mass is 9.85.